The molecule has 0 N–H and O–H groups in total. The van der Waals surface area contributed by atoms with E-state index in [4.69, 9.17) is 37.9 Å². The van der Waals surface area contributed by atoms with Gasteiger partial charge in [0.2, 0.25) is 0 Å². The molecular weight excluding hydrogens is 1000 g/mol. The van der Waals surface area contributed by atoms with E-state index in [2.05, 4.69) is 13.8 Å². The summed E-state index contributed by atoms with van der Waals surface area (Å²) < 4.78 is 44.4. The molecule has 0 amide bonds. The molecule has 0 aliphatic rings. The van der Waals surface area contributed by atoms with E-state index in [1.54, 1.807) is 72.8 Å². The number of carbonyl (C=O) groups is 6. The van der Waals surface area contributed by atoms with E-state index in [9.17, 15) is 28.8 Å². The Morgan fingerprint density at radius 1 is 0.354 bits per heavy atom. The average Bonchev–Trinajstić information content (AvgIpc) is 3.47. The summed E-state index contributed by atoms with van der Waals surface area (Å²) in [5, 5.41) is 0. The van der Waals surface area contributed by atoms with Crippen LogP contribution >= 0.6 is 0 Å². The van der Waals surface area contributed by atoms with Crippen LogP contribution in [0.4, 0.5) is 0 Å². The zero-order valence-electron chi connectivity index (χ0n) is 46.2. The highest BCUT2D eigenvalue weighted by molar-refractivity contribution is 5.94. The minimum absolute atomic E-state index is 0.0680. The number of esters is 6. The van der Waals surface area contributed by atoms with E-state index in [0.29, 0.717) is 22.6 Å². The Morgan fingerprint density at radius 2 is 0.684 bits per heavy atom. The number of unbranched alkanes of at least 4 members (excludes halogenated alkanes) is 8. The van der Waals surface area contributed by atoms with Crippen molar-refractivity contribution in [1.82, 2.24) is 0 Å². The first kappa shape index (κ1) is 60.0. The van der Waals surface area contributed by atoms with Crippen LogP contribution in [0.3, 0.4) is 0 Å². The fraction of sp³-hybridized carbons (Fsp3) is 0.354. The van der Waals surface area contributed by atoms with Crippen LogP contribution in [0.25, 0.3) is 22.3 Å². The fourth-order valence-corrected chi connectivity index (χ4v) is 8.53. The molecule has 0 fully saturated rings. The molecular formula is C65H72O14. The summed E-state index contributed by atoms with van der Waals surface area (Å²) in [7, 11) is 2.74. The second-order valence-corrected chi connectivity index (χ2v) is 19.4. The third-order valence-electron chi connectivity index (χ3n) is 13.1. The van der Waals surface area contributed by atoms with Gasteiger partial charge in [0, 0.05) is 12.8 Å². The maximum absolute atomic E-state index is 13.1. The minimum Gasteiger partial charge on any atom is -0.493 e. The molecule has 6 aromatic carbocycles. The molecule has 6 aromatic rings. The lowest BCUT2D eigenvalue weighted by molar-refractivity contribution is -0.136. The van der Waals surface area contributed by atoms with Crippen molar-refractivity contribution in [2.75, 3.05) is 14.2 Å². The number of ether oxygens (including phenoxy) is 8. The largest absolute Gasteiger partial charge is 0.493 e. The van der Waals surface area contributed by atoms with E-state index in [0.717, 1.165) is 60.8 Å². The van der Waals surface area contributed by atoms with Crippen LogP contribution in [0, 0.1) is 0 Å². The lowest BCUT2D eigenvalue weighted by Gasteiger charge is -2.13. The van der Waals surface area contributed by atoms with Gasteiger partial charge in [0.25, 0.3) is 0 Å². The molecule has 0 aromatic heterocycles. The van der Waals surface area contributed by atoms with Crippen LogP contribution in [0.1, 0.15) is 165 Å². The van der Waals surface area contributed by atoms with E-state index < -0.39 is 23.9 Å². The smallest absolute Gasteiger partial charge is 0.343 e. The summed E-state index contributed by atoms with van der Waals surface area (Å²) in [5.74, 6) is -2.35. The van der Waals surface area contributed by atoms with Gasteiger partial charge in [-0.2, -0.15) is 0 Å². The molecule has 2 unspecified atom stereocenters. The summed E-state index contributed by atoms with van der Waals surface area (Å²) in [5.41, 5.74) is 4.70. The molecule has 0 aliphatic heterocycles. The molecule has 0 saturated carbocycles. The van der Waals surface area contributed by atoms with Gasteiger partial charge in [-0.25, -0.2) is 19.2 Å². The van der Waals surface area contributed by atoms with Gasteiger partial charge in [0.1, 0.15) is 11.5 Å². The molecule has 0 bridgehead atoms. The van der Waals surface area contributed by atoms with Crippen LogP contribution in [0.2, 0.25) is 0 Å². The molecule has 79 heavy (non-hydrogen) atoms. The molecule has 2 atom stereocenters. The van der Waals surface area contributed by atoms with Gasteiger partial charge in [0.15, 0.2) is 23.0 Å². The Hall–Kier alpha value is -8.26. The van der Waals surface area contributed by atoms with Gasteiger partial charge in [0.05, 0.1) is 48.7 Å². The number of rotatable bonds is 30. The lowest BCUT2D eigenvalue weighted by Crippen LogP contribution is -2.15. The first-order chi connectivity index (χ1) is 38.3. The maximum Gasteiger partial charge on any atom is 0.343 e. The van der Waals surface area contributed by atoms with E-state index >= 15 is 0 Å². The Kier molecular flexibility index (Phi) is 23.7. The predicted molar refractivity (Wildman–Crippen MR) is 301 cm³/mol. The topological polar surface area (TPSA) is 176 Å². The van der Waals surface area contributed by atoms with Crippen molar-refractivity contribution >= 4 is 35.8 Å². The molecule has 0 aliphatic carbocycles. The first-order valence-corrected chi connectivity index (χ1v) is 27.3. The fourth-order valence-electron chi connectivity index (χ4n) is 8.53. The Balaban J connectivity index is 0.911. The second-order valence-electron chi connectivity index (χ2n) is 19.4. The van der Waals surface area contributed by atoms with Crippen molar-refractivity contribution in [1.29, 1.82) is 0 Å². The summed E-state index contributed by atoms with van der Waals surface area (Å²) in [6.45, 7) is 8.22. The van der Waals surface area contributed by atoms with Crippen molar-refractivity contribution in [3.63, 3.8) is 0 Å². The molecule has 14 nitrogen and oxygen atoms in total. The number of methoxy groups -OCH3 is 2. The second kappa shape index (κ2) is 31.2. The normalized spacial score (nSPS) is 11.6. The summed E-state index contributed by atoms with van der Waals surface area (Å²) in [4.78, 5) is 77.4. The summed E-state index contributed by atoms with van der Waals surface area (Å²) >= 11 is 0. The van der Waals surface area contributed by atoms with E-state index in [1.165, 1.54) is 89.1 Å². The third-order valence-corrected chi connectivity index (χ3v) is 13.1. The SMILES string of the molecule is CCCCCCCC(C)OC(=O)c1ccc(-c2ccc(OC(=O)c3ccc(OC(=O)CCCC(=O)Oc4ccc(C(=O)Oc5ccc(-c6ccc(C(=O)OC(C)CCCCCCC)cc6)cc5)cc4OC)c(OC)c3)cc2)cc1. The summed E-state index contributed by atoms with van der Waals surface area (Å²) in [6.07, 6.45) is 12.7. The molecule has 0 saturated heterocycles. The van der Waals surface area contributed by atoms with E-state index in [-0.39, 0.29) is 77.5 Å². The highest BCUT2D eigenvalue weighted by atomic mass is 16.6. The molecule has 0 radical (unpaired) electrons. The highest BCUT2D eigenvalue weighted by Crippen LogP contribution is 2.32. The van der Waals surface area contributed by atoms with Crippen LogP contribution < -0.4 is 28.4 Å². The van der Waals surface area contributed by atoms with Crippen molar-refractivity contribution in [2.45, 2.75) is 136 Å². The predicted octanol–water partition coefficient (Wildman–Crippen LogP) is 15.0. The van der Waals surface area contributed by atoms with Gasteiger partial charge in [-0.05, 0) is 153 Å². The summed E-state index contributed by atoms with van der Waals surface area (Å²) in [6, 6.07) is 36.7. The van der Waals surface area contributed by atoms with Gasteiger partial charge >= 0.3 is 35.8 Å². The number of hydrogen-bond donors (Lipinski definition) is 0. The Morgan fingerprint density at radius 3 is 1.03 bits per heavy atom. The molecule has 0 spiro atoms. The van der Waals surface area contributed by atoms with Crippen molar-refractivity contribution < 1.29 is 66.7 Å². The average molecular weight is 1080 g/mol. The maximum atomic E-state index is 13.1. The zero-order chi connectivity index (χ0) is 56.5. The van der Waals surface area contributed by atoms with Crippen LogP contribution in [0.5, 0.6) is 34.5 Å². The van der Waals surface area contributed by atoms with Gasteiger partial charge in [-0.1, -0.05) is 114 Å². The third kappa shape index (κ3) is 19.0. The molecule has 0 heterocycles. The van der Waals surface area contributed by atoms with E-state index in [1.807, 2.05) is 38.1 Å². The molecule has 14 heteroatoms. The van der Waals surface area contributed by atoms with Crippen molar-refractivity contribution in [3.8, 4) is 56.8 Å². The van der Waals surface area contributed by atoms with Crippen LogP contribution in [-0.2, 0) is 19.1 Å². The molecule has 416 valence electrons. The Labute approximate surface area is 463 Å². The van der Waals surface area contributed by atoms with Gasteiger partial charge in [-0.3, -0.25) is 9.59 Å². The van der Waals surface area contributed by atoms with Crippen molar-refractivity contribution in [2.24, 2.45) is 0 Å². The molecule has 6 rings (SSSR count). The quantitative estimate of drug-likeness (QED) is 0.0236. The number of carbonyl (C=O) groups excluding carboxylic acids is 6. The number of hydrogen-bond acceptors (Lipinski definition) is 14. The first-order valence-electron chi connectivity index (χ1n) is 27.3. The minimum atomic E-state index is -0.664. The van der Waals surface area contributed by atoms with Crippen LogP contribution in [0.15, 0.2) is 133 Å². The van der Waals surface area contributed by atoms with Gasteiger partial charge < -0.3 is 37.9 Å². The van der Waals surface area contributed by atoms with Crippen LogP contribution in [-0.4, -0.2) is 62.2 Å². The highest BCUT2D eigenvalue weighted by Gasteiger charge is 2.20. The lowest BCUT2D eigenvalue weighted by atomic mass is 10.0. The standard InChI is InChI=1S/C65H72O14/c1-7-9-11-13-15-18-44(3)74-62(68)50-26-22-46(23-27-50)48-30-36-54(37-31-48)76-64(70)52-34-40-56(58(42-52)72-5)78-60(66)20-17-21-61(67)79-57-41-35-53(43-59(57)73-6)65(71)77-55-38-32-49(33-39-55)47-24-28-51(29-25-47)63(69)75-45(4)19-16-14-12-10-8-2/h22-45H,7-21H2,1-6H3. The zero-order valence-corrected chi connectivity index (χ0v) is 46.2. The Bertz CT molecular complexity index is 2740. The monoisotopic (exact) mass is 1080 g/mol. The van der Waals surface area contributed by atoms with Gasteiger partial charge in [-0.15, -0.1) is 0 Å². The number of benzene rings is 6. The van der Waals surface area contributed by atoms with Crippen molar-refractivity contribution in [3.05, 3.63) is 156 Å².